The Balaban J connectivity index is 0.00000220. The van der Waals surface area contributed by atoms with Gasteiger partial charge in [-0.25, -0.2) is 0 Å². The van der Waals surface area contributed by atoms with E-state index in [0.29, 0.717) is 26.1 Å². The van der Waals surface area contributed by atoms with Crippen LogP contribution >= 0.6 is 24.8 Å². The predicted octanol–water partition coefficient (Wildman–Crippen LogP) is 1.85. The van der Waals surface area contributed by atoms with Gasteiger partial charge in [-0.3, -0.25) is 4.79 Å². The number of aryl methyl sites for hydroxylation is 1. The monoisotopic (exact) mass is 351 g/mol. The minimum absolute atomic E-state index is 0. The molecule has 22 heavy (non-hydrogen) atoms. The van der Waals surface area contributed by atoms with E-state index in [1.54, 1.807) is 6.33 Å². The van der Waals surface area contributed by atoms with E-state index in [-0.39, 0.29) is 36.1 Å². The summed E-state index contributed by atoms with van der Waals surface area (Å²) in [5.41, 5.74) is 5.95. The molecule has 1 aromatic heterocycles. The summed E-state index contributed by atoms with van der Waals surface area (Å²) in [6.45, 7) is 3.84. The third-order valence-electron chi connectivity index (χ3n) is 4.37. The van der Waals surface area contributed by atoms with E-state index < -0.39 is 0 Å². The Hall–Kier alpha value is -0.850. The Labute approximate surface area is 144 Å². The van der Waals surface area contributed by atoms with Crippen molar-refractivity contribution in [1.29, 1.82) is 0 Å². The van der Waals surface area contributed by atoms with Crippen molar-refractivity contribution in [3.8, 4) is 0 Å². The summed E-state index contributed by atoms with van der Waals surface area (Å²) in [6, 6.07) is 0. The maximum atomic E-state index is 12.1. The van der Waals surface area contributed by atoms with Crippen molar-refractivity contribution in [3.63, 3.8) is 0 Å². The molecular formula is C14H27Cl2N5O. The van der Waals surface area contributed by atoms with Crippen LogP contribution in [0.4, 0.5) is 0 Å². The van der Waals surface area contributed by atoms with Crippen LogP contribution in [0.25, 0.3) is 0 Å². The van der Waals surface area contributed by atoms with E-state index in [2.05, 4.69) is 15.5 Å². The van der Waals surface area contributed by atoms with Gasteiger partial charge in [0, 0.05) is 19.5 Å². The maximum Gasteiger partial charge on any atom is 0.220 e. The fraction of sp³-hybridized carbons (Fsp3) is 0.786. The molecule has 128 valence electrons. The molecular weight excluding hydrogens is 325 g/mol. The number of carbonyl (C=O) groups is 1. The van der Waals surface area contributed by atoms with Gasteiger partial charge in [0.25, 0.3) is 0 Å². The lowest BCUT2D eigenvalue weighted by Crippen LogP contribution is -2.39. The number of aromatic nitrogens is 3. The molecule has 0 saturated heterocycles. The number of nitrogens with two attached hydrogens (primary N) is 1. The molecule has 0 spiro atoms. The van der Waals surface area contributed by atoms with Gasteiger partial charge in [0.2, 0.25) is 5.91 Å². The van der Waals surface area contributed by atoms with Crippen molar-refractivity contribution in [2.24, 2.45) is 11.1 Å². The van der Waals surface area contributed by atoms with Crippen LogP contribution < -0.4 is 11.1 Å². The molecule has 0 bridgehead atoms. The van der Waals surface area contributed by atoms with Gasteiger partial charge in [0.05, 0.1) is 0 Å². The Morgan fingerprint density at radius 1 is 1.36 bits per heavy atom. The zero-order valence-electron chi connectivity index (χ0n) is 13.1. The van der Waals surface area contributed by atoms with Crippen LogP contribution in [-0.2, 0) is 11.3 Å². The lowest BCUT2D eigenvalue weighted by molar-refractivity contribution is -0.123. The largest absolute Gasteiger partial charge is 0.354 e. The Kier molecular flexibility index (Phi) is 9.64. The number of carbonyl (C=O) groups excluding carboxylic acids is 1. The Morgan fingerprint density at radius 3 is 2.59 bits per heavy atom. The molecule has 0 radical (unpaired) electrons. The minimum atomic E-state index is 0. The fourth-order valence-electron chi connectivity index (χ4n) is 3.01. The number of hydrogen-bond donors (Lipinski definition) is 2. The van der Waals surface area contributed by atoms with E-state index in [1.807, 2.05) is 11.5 Å². The maximum absolute atomic E-state index is 12.1. The first-order valence-corrected chi connectivity index (χ1v) is 7.46. The molecule has 3 N–H and O–H groups in total. The first-order chi connectivity index (χ1) is 9.65. The molecule has 8 heteroatoms. The SMILES string of the molecule is Cc1nncn1CCNC(=O)CC1(CN)CCCCC1.Cl.Cl. The summed E-state index contributed by atoms with van der Waals surface area (Å²) >= 11 is 0. The third kappa shape index (κ3) is 5.74. The molecule has 2 rings (SSSR count). The van der Waals surface area contributed by atoms with Crippen molar-refractivity contribution < 1.29 is 4.79 Å². The van der Waals surface area contributed by atoms with E-state index in [0.717, 1.165) is 18.7 Å². The second-order valence-electron chi connectivity index (χ2n) is 5.86. The quantitative estimate of drug-likeness (QED) is 0.818. The highest BCUT2D eigenvalue weighted by Crippen LogP contribution is 2.38. The summed E-state index contributed by atoms with van der Waals surface area (Å²) in [5, 5.41) is 10.7. The topological polar surface area (TPSA) is 85.8 Å². The van der Waals surface area contributed by atoms with Crippen LogP contribution in [-0.4, -0.2) is 33.8 Å². The first kappa shape index (κ1) is 21.1. The summed E-state index contributed by atoms with van der Waals surface area (Å²) in [4.78, 5) is 12.1. The van der Waals surface area contributed by atoms with Gasteiger partial charge in [0.1, 0.15) is 12.2 Å². The lowest BCUT2D eigenvalue weighted by atomic mass is 9.71. The van der Waals surface area contributed by atoms with Gasteiger partial charge in [0.15, 0.2) is 0 Å². The molecule has 6 nitrogen and oxygen atoms in total. The van der Waals surface area contributed by atoms with Crippen LogP contribution in [0, 0.1) is 12.3 Å². The first-order valence-electron chi connectivity index (χ1n) is 7.46. The second-order valence-corrected chi connectivity index (χ2v) is 5.86. The molecule has 0 atom stereocenters. The van der Waals surface area contributed by atoms with Crippen molar-refractivity contribution in [2.45, 2.75) is 52.0 Å². The van der Waals surface area contributed by atoms with Crippen molar-refractivity contribution in [1.82, 2.24) is 20.1 Å². The highest BCUT2D eigenvalue weighted by Gasteiger charge is 2.32. The molecule has 1 saturated carbocycles. The predicted molar refractivity (Wildman–Crippen MR) is 91.5 cm³/mol. The molecule has 0 aliphatic heterocycles. The Morgan fingerprint density at radius 2 is 2.05 bits per heavy atom. The summed E-state index contributed by atoms with van der Waals surface area (Å²) < 4.78 is 1.93. The van der Waals surface area contributed by atoms with Crippen molar-refractivity contribution in [2.75, 3.05) is 13.1 Å². The number of rotatable bonds is 6. The number of nitrogens with one attached hydrogen (secondary N) is 1. The number of nitrogens with zero attached hydrogens (tertiary/aromatic N) is 3. The molecule has 1 aliphatic carbocycles. The van der Waals surface area contributed by atoms with Crippen molar-refractivity contribution in [3.05, 3.63) is 12.2 Å². The molecule has 1 aliphatic rings. The Bertz CT molecular complexity index is 446. The average molecular weight is 352 g/mol. The van der Waals surface area contributed by atoms with Gasteiger partial charge < -0.3 is 15.6 Å². The molecule has 0 aromatic carbocycles. The van der Waals surface area contributed by atoms with Crippen LogP contribution in [0.15, 0.2) is 6.33 Å². The summed E-state index contributed by atoms with van der Waals surface area (Å²) in [6.07, 6.45) is 8.09. The van der Waals surface area contributed by atoms with E-state index in [1.165, 1.54) is 19.3 Å². The highest BCUT2D eigenvalue weighted by molar-refractivity contribution is 5.85. The van der Waals surface area contributed by atoms with E-state index in [4.69, 9.17) is 5.73 Å². The van der Waals surface area contributed by atoms with E-state index in [9.17, 15) is 4.79 Å². The number of halogens is 2. The zero-order valence-corrected chi connectivity index (χ0v) is 14.7. The molecule has 0 unspecified atom stereocenters. The fourth-order valence-corrected chi connectivity index (χ4v) is 3.01. The van der Waals surface area contributed by atoms with Crippen LogP contribution in [0.5, 0.6) is 0 Å². The second kappa shape index (κ2) is 10.0. The van der Waals surface area contributed by atoms with Crippen molar-refractivity contribution >= 4 is 30.7 Å². The van der Waals surface area contributed by atoms with Crippen LogP contribution in [0.3, 0.4) is 0 Å². The van der Waals surface area contributed by atoms with E-state index >= 15 is 0 Å². The highest BCUT2D eigenvalue weighted by atomic mass is 35.5. The molecule has 1 fully saturated rings. The summed E-state index contributed by atoms with van der Waals surface area (Å²) in [5.74, 6) is 0.980. The lowest BCUT2D eigenvalue weighted by Gasteiger charge is -2.35. The third-order valence-corrected chi connectivity index (χ3v) is 4.37. The van der Waals surface area contributed by atoms with Gasteiger partial charge >= 0.3 is 0 Å². The summed E-state index contributed by atoms with van der Waals surface area (Å²) in [7, 11) is 0. The standard InChI is InChI=1S/C14H25N5O.2ClH/c1-12-18-17-11-19(12)8-7-16-13(20)9-14(10-15)5-3-2-4-6-14;;/h11H,2-10,15H2,1H3,(H,16,20);2*1H. The zero-order chi connectivity index (χ0) is 14.4. The van der Waals surface area contributed by atoms with Gasteiger partial charge in [-0.15, -0.1) is 35.0 Å². The van der Waals surface area contributed by atoms with Gasteiger partial charge in [-0.05, 0) is 31.7 Å². The normalized spacial score (nSPS) is 16.3. The number of hydrogen-bond acceptors (Lipinski definition) is 4. The average Bonchev–Trinajstić information content (AvgIpc) is 2.85. The van der Waals surface area contributed by atoms with Gasteiger partial charge in [-0.2, -0.15) is 0 Å². The van der Waals surface area contributed by atoms with Crippen LogP contribution in [0.2, 0.25) is 0 Å². The smallest absolute Gasteiger partial charge is 0.220 e. The number of amides is 1. The molecule has 1 heterocycles. The molecule has 1 amide bonds. The van der Waals surface area contributed by atoms with Gasteiger partial charge in [-0.1, -0.05) is 19.3 Å². The minimum Gasteiger partial charge on any atom is -0.354 e. The molecule has 1 aromatic rings. The van der Waals surface area contributed by atoms with Crippen LogP contribution in [0.1, 0.15) is 44.3 Å².